The van der Waals surface area contributed by atoms with Gasteiger partial charge in [0.25, 0.3) is 0 Å². The molecule has 1 unspecified atom stereocenters. The summed E-state index contributed by atoms with van der Waals surface area (Å²) < 4.78 is 74.7. The molecule has 0 aliphatic carbocycles. The number of carbonyl (C=O) groups is 2. The summed E-state index contributed by atoms with van der Waals surface area (Å²) in [5.41, 5.74) is -4.07. The number of alkyl carbamates (subject to hydrolysis) is 1. The number of nitrogens with one attached hydrogen (secondary N) is 2. The van der Waals surface area contributed by atoms with Crippen molar-refractivity contribution in [1.29, 1.82) is 0 Å². The summed E-state index contributed by atoms with van der Waals surface area (Å²) in [5.74, 6) is -2.09. The van der Waals surface area contributed by atoms with E-state index < -0.39 is 38.8 Å². The van der Waals surface area contributed by atoms with Crippen LogP contribution in [0, 0.1) is 0 Å². The Kier molecular flexibility index (Phi) is 6.37. The van der Waals surface area contributed by atoms with Crippen LogP contribution in [0.25, 0.3) is 0 Å². The van der Waals surface area contributed by atoms with Gasteiger partial charge in [-0.05, 0) is 19.1 Å². The second-order valence-corrected chi connectivity index (χ2v) is 6.19. The van der Waals surface area contributed by atoms with Crippen LogP contribution in [-0.2, 0) is 24.3 Å². The molecule has 0 saturated heterocycles. The lowest BCUT2D eigenvalue weighted by Gasteiger charge is -2.33. The number of carbonyl (C=O) groups excluding carboxylic acids is 2. The van der Waals surface area contributed by atoms with E-state index in [0.717, 1.165) is 16.9 Å². The molecular weight excluding hydrogens is 369 g/mol. The van der Waals surface area contributed by atoms with Crippen LogP contribution in [0.4, 0.5) is 18.0 Å². The zero-order chi connectivity index (χ0) is 19.3. The molecule has 0 radical (unpaired) electrons. The van der Waals surface area contributed by atoms with Crippen LogP contribution >= 0.6 is 0 Å². The van der Waals surface area contributed by atoms with Crippen LogP contribution in [0.3, 0.4) is 0 Å². The topological polar surface area (TPSA) is 111 Å². The van der Waals surface area contributed by atoms with Crippen LogP contribution in [0.2, 0.25) is 0 Å². The maximum atomic E-state index is 13.6. The Morgan fingerprint density at radius 2 is 1.72 bits per heavy atom. The average Bonchev–Trinajstić information content (AvgIpc) is 2.53. The molecule has 0 spiro atoms. The van der Waals surface area contributed by atoms with E-state index in [9.17, 15) is 31.2 Å². The van der Waals surface area contributed by atoms with Crippen molar-refractivity contribution in [1.82, 2.24) is 10.0 Å². The first kappa shape index (κ1) is 20.7. The lowest BCUT2D eigenvalue weighted by Crippen LogP contribution is -2.73. The zero-order valence-electron chi connectivity index (χ0n) is 13.1. The predicted octanol–water partition coefficient (Wildman–Crippen LogP) is 1.14. The number of halogens is 3. The minimum absolute atomic E-state index is 0.313. The van der Waals surface area contributed by atoms with Gasteiger partial charge in [-0.15, -0.1) is 0 Å². The van der Waals surface area contributed by atoms with E-state index in [0.29, 0.717) is 7.11 Å². The molecule has 0 saturated carbocycles. The fourth-order valence-corrected chi connectivity index (χ4v) is 2.98. The molecule has 1 rings (SSSR count). The second-order valence-electron chi connectivity index (χ2n) is 4.50. The first-order valence-electron chi connectivity index (χ1n) is 6.69. The van der Waals surface area contributed by atoms with Gasteiger partial charge in [0.05, 0.1) is 18.6 Å². The number of ether oxygens (including phenoxy) is 2. The summed E-state index contributed by atoms with van der Waals surface area (Å²) in [4.78, 5) is 22.7. The van der Waals surface area contributed by atoms with Crippen molar-refractivity contribution in [2.24, 2.45) is 0 Å². The van der Waals surface area contributed by atoms with Gasteiger partial charge in [0.15, 0.2) is 0 Å². The average molecular weight is 384 g/mol. The van der Waals surface area contributed by atoms with Gasteiger partial charge in [-0.2, -0.15) is 17.9 Å². The van der Waals surface area contributed by atoms with Crippen molar-refractivity contribution in [3.8, 4) is 0 Å². The summed E-state index contributed by atoms with van der Waals surface area (Å²) >= 11 is 0. The Hall–Kier alpha value is -2.34. The fraction of sp³-hybridized carbons (Fsp3) is 0.385. The highest BCUT2D eigenvalue weighted by Gasteiger charge is 2.65. The van der Waals surface area contributed by atoms with E-state index in [1.807, 2.05) is 0 Å². The monoisotopic (exact) mass is 384 g/mol. The van der Waals surface area contributed by atoms with E-state index in [4.69, 9.17) is 0 Å². The lowest BCUT2D eigenvalue weighted by molar-refractivity contribution is -0.213. The smallest absolute Gasteiger partial charge is 0.437 e. The Morgan fingerprint density at radius 3 is 2.16 bits per heavy atom. The Labute approximate surface area is 141 Å². The van der Waals surface area contributed by atoms with Crippen molar-refractivity contribution in [3.63, 3.8) is 0 Å². The van der Waals surface area contributed by atoms with Gasteiger partial charge in [-0.3, -0.25) is 5.32 Å². The van der Waals surface area contributed by atoms with E-state index in [1.54, 1.807) is 0 Å². The molecule has 12 heteroatoms. The Bertz CT molecular complexity index is 723. The van der Waals surface area contributed by atoms with Gasteiger partial charge in [0.2, 0.25) is 10.0 Å². The molecule has 0 aliphatic heterocycles. The number of rotatable bonds is 6. The molecule has 2 N–H and O–H groups in total. The van der Waals surface area contributed by atoms with Crippen LogP contribution in [0.1, 0.15) is 6.92 Å². The summed E-state index contributed by atoms with van der Waals surface area (Å²) in [6.45, 7) is 0.994. The number of amides is 1. The molecule has 1 atom stereocenters. The highest BCUT2D eigenvalue weighted by atomic mass is 32.2. The summed E-state index contributed by atoms with van der Waals surface area (Å²) in [5, 5.41) is 1.20. The van der Waals surface area contributed by atoms with Gasteiger partial charge in [-0.1, -0.05) is 18.2 Å². The first-order valence-corrected chi connectivity index (χ1v) is 8.17. The quantitative estimate of drug-likeness (QED) is 0.562. The molecule has 0 bridgehead atoms. The van der Waals surface area contributed by atoms with Gasteiger partial charge < -0.3 is 9.47 Å². The second kappa shape index (κ2) is 7.70. The number of methoxy groups -OCH3 is 1. The van der Waals surface area contributed by atoms with Gasteiger partial charge in [0.1, 0.15) is 0 Å². The molecule has 1 aromatic carbocycles. The molecule has 0 aliphatic rings. The number of benzene rings is 1. The first-order chi connectivity index (χ1) is 11.5. The van der Waals surface area contributed by atoms with E-state index in [-0.39, 0.29) is 6.61 Å². The zero-order valence-corrected chi connectivity index (χ0v) is 13.9. The Balaban J connectivity index is 3.44. The van der Waals surface area contributed by atoms with Crippen LogP contribution in [-0.4, -0.2) is 46.0 Å². The minimum Gasteiger partial charge on any atom is -0.466 e. The predicted molar refractivity (Wildman–Crippen MR) is 77.7 cm³/mol. The van der Waals surface area contributed by atoms with E-state index in [2.05, 4.69) is 9.47 Å². The molecule has 0 heterocycles. The summed E-state index contributed by atoms with van der Waals surface area (Å²) in [7, 11) is -4.25. The third-order valence-corrected chi connectivity index (χ3v) is 4.29. The fourth-order valence-electron chi connectivity index (χ4n) is 1.70. The maximum Gasteiger partial charge on any atom is 0.437 e. The highest BCUT2D eigenvalue weighted by molar-refractivity contribution is 7.89. The molecule has 140 valence electrons. The molecule has 25 heavy (non-hydrogen) atoms. The summed E-state index contributed by atoms with van der Waals surface area (Å²) in [6, 6.07) is 5.98. The number of hydrogen-bond acceptors (Lipinski definition) is 6. The molecule has 1 aromatic rings. The van der Waals surface area contributed by atoms with Crippen molar-refractivity contribution in [2.45, 2.75) is 23.7 Å². The standard InChI is InChI=1S/C13H15F3N2O6S/c1-3-24-11(20)17-12(10(19)23-2,13(14,15)16)18-25(21,22)9-7-5-4-6-8-9/h4-8,18H,3H2,1-2H3,(H,17,20). The van der Waals surface area contributed by atoms with Crippen molar-refractivity contribution in [3.05, 3.63) is 30.3 Å². The minimum atomic E-state index is -5.57. The molecule has 1 amide bonds. The largest absolute Gasteiger partial charge is 0.466 e. The van der Waals surface area contributed by atoms with Gasteiger partial charge >= 0.3 is 23.9 Å². The number of sulfonamides is 1. The van der Waals surface area contributed by atoms with Crippen LogP contribution < -0.4 is 10.0 Å². The third kappa shape index (κ3) is 4.60. The molecular formula is C13H15F3N2O6S. The number of hydrogen-bond donors (Lipinski definition) is 2. The van der Waals surface area contributed by atoms with Gasteiger partial charge in [0, 0.05) is 0 Å². The SMILES string of the molecule is CCOC(=O)NC(NS(=O)(=O)c1ccccc1)(C(=O)OC)C(F)(F)F. The molecule has 0 aromatic heterocycles. The maximum absolute atomic E-state index is 13.6. The van der Waals surface area contributed by atoms with Crippen LogP contribution in [0.5, 0.6) is 0 Å². The number of alkyl halides is 3. The Morgan fingerprint density at radius 1 is 1.16 bits per heavy atom. The van der Waals surface area contributed by atoms with Crippen molar-refractivity contribution >= 4 is 22.1 Å². The van der Waals surface area contributed by atoms with E-state index >= 15 is 0 Å². The van der Waals surface area contributed by atoms with Crippen molar-refractivity contribution < 1.29 is 40.7 Å². The van der Waals surface area contributed by atoms with E-state index in [1.165, 1.54) is 30.4 Å². The van der Waals surface area contributed by atoms with Gasteiger partial charge in [-0.25, -0.2) is 18.0 Å². The highest BCUT2D eigenvalue weighted by Crippen LogP contribution is 2.31. The normalized spacial score (nSPS) is 14.3. The third-order valence-electron chi connectivity index (χ3n) is 2.82. The molecule has 8 nitrogen and oxygen atoms in total. The van der Waals surface area contributed by atoms with Crippen molar-refractivity contribution in [2.75, 3.05) is 13.7 Å². The summed E-state index contributed by atoms with van der Waals surface area (Å²) in [6.07, 6.45) is -7.24. The van der Waals surface area contributed by atoms with Crippen LogP contribution in [0.15, 0.2) is 35.2 Å². The number of esters is 1. The lowest BCUT2D eigenvalue weighted by atomic mass is 10.2. The molecule has 0 fully saturated rings.